The van der Waals surface area contributed by atoms with E-state index in [1.165, 1.54) is 6.33 Å². The van der Waals surface area contributed by atoms with Crippen LogP contribution < -0.4 is 20.7 Å². The van der Waals surface area contributed by atoms with Crippen LogP contribution in [0.15, 0.2) is 35.6 Å². The SMILES string of the molecule is COCCN1CCOc2cccc(c2)N=CC2C(=O)Nc3ncnc(c32)NCCNC(=O)C1. The van der Waals surface area contributed by atoms with Crippen molar-refractivity contribution in [3.63, 3.8) is 0 Å². The minimum absolute atomic E-state index is 0.0919. The molecule has 0 saturated carbocycles. The highest BCUT2D eigenvalue weighted by molar-refractivity contribution is 6.13. The molecule has 0 fully saturated rings. The van der Waals surface area contributed by atoms with Crippen molar-refractivity contribution in [2.24, 2.45) is 4.99 Å². The van der Waals surface area contributed by atoms with E-state index in [4.69, 9.17) is 9.47 Å². The van der Waals surface area contributed by atoms with Gasteiger partial charge in [-0.05, 0) is 12.1 Å². The molecule has 0 aliphatic carbocycles. The monoisotopic (exact) mass is 453 g/mol. The van der Waals surface area contributed by atoms with Crippen LogP contribution in [0.3, 0.4) is 0 Å². The largest absolute Gasteiger partial charge is 0.492 e. The van der Waals surface area contributed by atoms with E-state index in [9.17, 15) is 9.59 Å². The molecule has 2 aliphatic rings. The summed E-state index contributed by atoms with van der Waals surface area (Å²) < 4.78 is 11.0. The Morgan fingerprint density at radius 2 is 2.03 bits per heavy atom. The summed E-state index contributed by atoms with van der Waals surface area (Å²) in [6.07, 6.45) is 2.98. The molecular formula is C22H27N7O4. The molecule has 11 heteroatoms. The van der Waals surface area contributed by atoms with Crippen LogP contribution >= 0.6 is 0 Å². The van der Waals surface area contributed by atoms with Crippen LogP contribution in [0.5, 0.6) is 5.75 Å². The number of nitrogens with zero attached hydrogens (tertiary/aromatic N) is 4. The van der Waals surface area contributed by atoms with Crippen LogP contribution in [0.2, 0.25) is 0 Å². The van der Waals surface area contributed by atoms with Crippen molar-refractivity contribution in [1.82, 2.24) is 20.2 Å². The predicted octanol–water partition coefficient (Wildman–Crippen LogP) is 0.784. The summed E-state index contributed by atoms with van der Waals surface area (Å²) in [5.41, 5.74) is 1.30. The number of fused-ring (bicyclic) bond motifs is 2. The Hall–Kier alpha value is -3.57. The summed E-state index contributed by atoms with van der Waals surface area (Å²) in [5, 5.41) is 8.87. The third kappa shape index (κ3) is 5.82. The van der Waals surface area contributed by atoms with Crippen LogP contribution in [0.4, 0.5) is 17.3 Å². The highest BCUT2D eigenvalue weighted by atomic mass is 16.5. The van der Waals surface area contributed by atoms with Gasteiger partial charge in [-0.25, -0.2) is 9.97 Å². The van der Waals surface area contributed by atoms with Crippen LogP contribution in [0.1, 0.15) is 11.5 Å². The molecule has 1 aromatic heterocycles. The molecule has 1 unspecified atom stereocenters. The zero-order valence-electron chi connectivity index (χ0n) is 18.4. The minimum Gasteiger partial charge on any atom is -0.492 e. The van der Waals surface area contributed by atoms with E-state index >= 15 is 0 Å². The van der Waals surface area contributed by atoms with E-state index in [0.717, 1.165) is 0 Å². The summed E-state index contributed by atoms with van der Waals surface area (Å²) in [6.45, 7) is 3.19. The Morgan fingerprint density at radius 1 is 1.18 bits per heavy atom. The lowest BCUT2D eigenvalue weighted by Gasteiger charge is -2.21. The van der Waals surface area contributed by atoms with Gasteiger partial charge in [0.25, 0.3) is 0 Å². The van der Waals surface area contributed by atoms with Crippen molar-refractivity contribution >= 4 is 35.4 Å². The van der Waals surface area contributed by atoms with Gasteiger partial charge in [0.2, 0.25) is 11.8 Å². The van der Waals surface area contributed by atoms with E-state index in [1.54, 1.807) is 19.4 Å². The normalized spacial score (nSPS) is 19.4. The van der Waals surface area contributed by atoms with Crippen molar-refractivity contribution < 1.29 is 19.1 Å². The van der Waals surface area contributed by atoms with Crippen molar-refractivity contribution in [2.45, 2.75) is 5.92 Å². The highest BCUT2D eigenvalue weighted by Crippen LogP contribution is 2.34. The van der Waals surface area contributed by atoms with Gasteiger partial charge < -0.3 is 25.4 Å². The van der Waals surface area contributed by atoms with E-state index < -0.39 is 5.92 Å². The molecule has 2 bridgehead atoms. The average molecular weight is 454 g/mol. The first-order valence-corrected chi connectivity index (χ1v) is 10.8. The minimum atomic E-state index is -0.629. The number of carbonyl (C=O) groups is 2. The number of aliphatic imine (C=N–C) groups is 1. The van der Waals surface area contributed by atoms with Crippen molar-refractivity contribution in [3.8, 4) is 5.75 Å². The lowest BCUT2D eigenvalue weighted by atomic mass is 10.0. The molecule has 33 heavy (non-hydrogen) atoms. The first-order chi connectivity index (χ1) is 16.1. The van der Waals surface area contributed by atoms with Gasteiger partial charge >= 0.3 is 0 Å². The van der Waals surface area contributed by atoms with Gasteiger partial charge in [-0.3, -0.25) is 19.5 Å². The second-order valence-corrected chi connectivity index (χ2v) is 7.62. The maximum Gasteiger partial charge on any atom is 0.238 e. The molecule has 0 radical (unpaired) electrons. The molecule has 3 N–H and O–H groups in total. The van der Waals surface area contributed by atoms with E-state index in [-0.39, 0.29) is 18.4 Å². The van der Waals surface area contributed by atoms with Crippen LogP contribution in [-0.2, 0) is 14.3 Å². The number of hydrogen-bond acceptors (Lipinski definition) is 9. The molecule has 2 amide bonds. The third-order valence-corrected chi connectivity index (χ3v) is 5.30. The lowest BCUT2D eigenvalue weighted by molar-refractivity contribution is -0.122. The molecular weight excluding hydrogens is 426 g/mol. The Labute approximate surface area is 191 Å². The number of carbonyl (C=O) groups excluding carboxylic acids is 2. The summed E-state index contributed by atoms with van der Waals surface area (Å²) in [6, 6.07) is 7.33. The zero-order chi connectivity index (χ0) is 23.0. The predicted molar refractivity (Wildman–Crippen MR) is 123 cm³/mol. The Balaban J connectivity index is 1.58. The number of nitrogens with one attached hydrogen (secondary N) is 3. The van der Waals surface area contributed by atoms with E-state index in [0.29, 0.717) is 68.0 Å². The fraction of sp³-hybridized carbons (Fsp3) is 0.409. The van der Waals surface area contributed by atoms with Gasteiger partial charge in [0, 0.05) is 45.6 Å². The van der Waals surface area contributed by atoms with Crippen LogP contribution in [-0.4, -0.2) is 85.9 Å². The first kappa shape index (κ1) is 22.6. The summed E-state index contributed by atoms with van der Waals surface area (Å²) in [7, 11) is 1.63. The number of ether oxygens (including phenoxy) is 2. The topological polar surface area (TPSA) is 130 Å². The van der Waals surface area contributed by atoms with E-state index in [1.807, 2.05) is 23.1 Å². The number of benzene rings is 1. The van der Waals surface area contributed by atoms with Gasteiger partial charge in [0.15, 0.2) is 0 Å². The number of rotatable bonds is 3. The molecule has 1 aromatic carbocycles. The number of aromatic nitrogens is 2. The zero-order valence-corrected chi connectivity index (χ0v) is 18.4. The van der Waals surface area contributed by atoms with Gasteiger partial charge in [0.05, 0.1) is 24.4 Å². The second-order valence-electron chi connectivity index (χ2n) is 7.62. The van der Waals surface area contributed by atoms with Gasteiger partial charge in [-0.1, -0.05) is 6.07 Å². The molecule has 3 heterocycles. The highest BCUT2D eigenvalue weighted by Gasteiger charge is 2.33. The van der Waals surface area contributed by atoms with Crippen molar-refractivity contribution in [2.75, 3.05) is 63.7 Å². The molecule has 4 rings (SSSR count). The van der Waals surface area contributed by atoms with Gasteiger partial charge in [-0.15, -0.1) is 0 Å². The Kier molecular flexibility index (Phi) is 7.43. The van der Waals surface area contributed by atoms with Crippen LogP contribution in [0, 0.1) is 0 Å². The molecule has 2 aromatic rings. The maximum atomic E-state index is 12.6. The quantitative estimate of drug-likeness (QED) is 0.622. The number of methoxy groups -OCH3 is 1. The summed E-state index contributed by atoms with van der Waals surface area (Å²) in [4.78, 5) is 39.9. The second kappa shape index (κ2) is 10.8. The number of anilines is 2. The number of amides is 2. The molecule has 11 nitrogen and oxygen atoms in total. The fourth-order valence-electron chi connectivity index (χ4n) is 3.64. The maximum absolute atomic E-state index is 12.6. The van der Waals surface area contributed by atoms with Crippen molar-refractivity contribution in [1.29, 1.82) is 0 Å². The Morgan fingerprint density at radius 3 is 2.91 bits per heavy atom. The van der Waals surface area contributed by atoms with Crippen LogP contribution in [0.25, 0.3) is 0 Å². The summed E-state index contributed by atoms with van der Waals surface area (Å²) >= 11 is 0. The lowest BCUT2D eigenvalue weighted by Crippen LogP contribution is -2.41. The molecule has 0 saturated heterocycles. The standard InChI is InChI=1S/C22H27N7O4/c1-32-9-7-29-8-10-33-16-4-2-3-15(11-16)25-12-17-19-20(24-6-5-23-18(30)13-29)26-14-27-21(19)28-22(17)31/h2-4,11-12,14,17H,5-10,13H2,1H3,(H,23,30)(H2,24,26,27,28,31). The van der Waals surface area contributed by atoms with Gasteiger partial charge in [-0.2, -0.15) is 0 Å². The Bertz CT molecular complexity index is 1030. The molecule has 1 atom stereocenters. The number of hydrogen-bond donors (Lipinski definition) is 3. The molecule has 0 spiro atoms. The summed E-state index contributed by atoms with van der Waals surface area (Å²) in [5.74, 6) is 0.705. The van der Waals surface area contributed by atoms with Gasteiger partial charge in [0.1, 0.15) is 36.2 Å². The molecule has 174 valence electrons. The first-order valence-electron chi connectivity index (χ1n) is 10.8. The van der Waals surface area contributed by atoms with Crippen molar-refractivity contribution in [3.05, 3.63) is 36.2 Å². The average Bonchev–Trinajstić information content (AvgIpc) is 3.14. The van der Waals surface area contributed by atoms with E-state index in [2.05, 4.69) is 30.9 Å². The fourth-order valence-corrected chi connectivity index (χ4v) is 3.64. The third-order valence-electron chi connectivity index (χ3n) is 5.30. The smallest absolute Gasteiger partial charge is 0.238 e. The molecule has 2 aliphatic heterocycles.